The quantitative estimate of drug-likeness (QED) is 0.922. The number of nitrogens with one attached hydrogen (secondary N) is 1. The molecule has 1 aromatic rings. The highest BCUT2D eigenvalue weighted by Gasteiger charge is 2.20. The molecular weight excluding hydrogens is 259 g/mol. The van der Waals surface area contributed by atoms with Gasteiger partial charge in [0.05, 0.1) is 12.1 Å². The Hall–Kier alpha value is -1.91. The first-order valence-electron chi connectivity index (χ1n) is 6.43. The van der Waals surface area contributed by atoms with E-state index in [-0.39, 0.29) is 23.6 Å². The molecule has 0 atom stereocenters. The maximum Gasteiger partial charge on any atom is 0.257 e. The highest BCUT2D eigenvalue weighted by Crippen LogP contribution is 2.12. The smallest absolute Gasteiger partial charge is 0.257 e. The predicted molar refractivity (Wildman–Crippen MR) is 76.0 cm³/mol. The third-order valence-corrected chi connectivity index (χ3v) is 2.60. The van der Waals surface area contributed by atoms with Crippen LogP contribution in [0.15, 0.2) is 18.2 Å². The zero-order chi connectivity index (χ0) is 15.5. The van der Waals surface area contributed by atoms with Crippen molar-refractivity contribution < 1.29 is 14.0 Å². The topological polar surface area (TPSA) is 49.4 Å². The monoisotopic (exact) mass is 280 g/mol. The molecule has 5 heteroatoms. The van der Waals surface area contributed by atoms with Crippen molar-refractivity contribution in [1.29, 1.82) is 0 Å². The van der Waals surface area contributed by atoms with E-state index < -0.39 is 11.7 Å². The second-order valence-corrected chi connectivity index (χ2v) is 5.94. The molecule has 0 aliphatic carbocycles. The molecule has 4 nitrogen and oxygen atoms in total. The number of amides is 2. The lowest BCUT2D eigenvalue weighted by Gasteiger charge is -2.23. The van der Waals surface area contributed by atoms with Crippen LogP contribution in [0.5, 0.6) is 0 Å². The van der Waals surface area contributed by atoms with Gasteiger partial charge in [-0.05, 0) is 45.4 Å². The van der Waals surface area contributed by atoms with E-state index in [0.717, 1.165) is 5.56 Å². The maximum atomic E-state index is 13.7. The van der Waals surface area contributed by atoms with Gasteiger partial charge in [-0.25, -0.2) is 4.39 Å². The lowest BCUT2D eigenvalue weighted by molar-refractivity contribution is -0.122. The molecule has 2 amide bonds. The van der Waals surface area contributed by atoms with Gasteiger partial charge in [-0.3, -0.25) is 9.59 Å². The standard InChI is InChI=1S/C15H21FN2O2/c1-10-6-7-11(12(16)8-10)14(20)18(5)9-13(19)17-15(2,3)4/h6-8H,9H2,1-5H3,(H,17,19). The van der Waals surface area contributed by atoms with E-state index in [1.165, 1.54) is 24.1 Å². The zero-order valence-electron chi connectivity index (χ0n) is 12.6. The molecule has 0 bridgehead atoms. The van der Waals surface area contributed by atoms with Crippen molar-refractivity contribution in [2.75, 3.05) is 13.6 Å². The van der Waals surface area contributed by atoms with Crippen LogP contribution >= 0.6 is 0 Å². The Bertz CT molecular complexity index is 521. The van der Waals surface area contributed by atoms with Gasteiger partial charge in [-0.1, -0.05) is 6.07 Å². The Labute approximate surface area is 119 Å². The van der Waals surface area contributed by atoms with Crippen LogP contribution in [-0.2, 0) is 4.79 Å². The van der Waals surface area contributed by atoms with Gasteiger partial charge >= 0.3 is 0 Å². The average Bonchev–Trinajstić information content (AvgIpc) is 2.25. The van der Waals surface area contributed by atoms with Crippen molar-refractivity contribution in [2.45, 2.75) is 33.2 Å². The van der Waals surface area contributed by atoms with Crippen molar-refractivity contribution in [2.24, 2.45) is 0 Å². The highest BCUT2D eigenvalue weighted by molar-refractivity contribution is 5.96. The first-order chi connectivity index (χ1) is 9.10. The van der Waals surface area contributed by atoms with Crippen LogP contribution in [0, 0.1) is 12.7 Å². The molecule has 1 N–H and O–H groups in total. The number of likely N-dealkylation sites (N-methyl/N-ethyl adjacent to an activating group) is 1. The van der Waals surface area contributed by atoms with Gasteiger partial charge in [0.25, 0.3) is 5.91 Å². The number of nitrogens with zero attached hydrogens (tertiary/aromatic N) is 1. The Morgan fingerprint density at radius 1 is 1.30 bits per heavy atom. The largest absolute Gasteiger partial charge is 0.350 e. The molecule has 0 saturated carbocycles. The summed E-state index contributed by atoms with van der Waals surface area (Å²) >= 11 is 0. The first-order valence-corrected chi connectivity index (χ1v) is 6.43. The Balaban J connectivity index is 2.75. The summed E-state index contributed by atoms with van der Waals surface area (Å²) in [6, 6.07) is 4.40. The fourth-order valence-corrected chi connectivity index (χ4v) is 1.74. The number of rotatable bonds is 3. The highest BCUT2D eigenvalue weighted by atomic mass is 19.1. The molecule has 20 heavy (non-hydrogen) atoms. The van der Waals surface area contributed by atoms with Crippen LogP contribution in [-0.4, -0.2) is 35.8 Å². The van der Waals surface area contributed by atoms with Gasteiger partial charge in [-0.2, -0.15) is 0 Å². The molecule has 0 aromatic heterocycles. The van der Waals surface area contributed by atoms with Gasteiger partial charge in [-0.15, -0.1) is 0 Å². The summed E-state index contributed by atoms with van der Waals surface area (Å²) in [6.07, 6.45) is 0. The summed E-state index contributed by atoms with van der Waals surface area (Å²) < 4.78 is 13.7. The van der Waals surface area contributed by atoms with Gasteiger partial charge in [0, 0.05) is 12.6 Å². The molecule has 0 aliphatic heterocycles. The van der Waals surface area contributed by atoms with Crippen LogP contribution in [0.4, 0.5) is 4.39 Å². The van der Waals surface area contributed by atoms with E-state index in [9.17, 15) is 14.0 Å². The average molecular weight is 280 g/mol. The second-order valence-electron chi connectivity index (χ2n) is 5.94. The number of hydrogen-bond acceptors (Lipinski definition) is 2. The third kappa shape index (κ3) is 4.64. The minimum absolute atomic E-state index is 0.0262. The van der Waals surface area contributed by atoms with Crippen molar-refractivity contribution in [3.8, 4) is 0 Å². The molecule has 1 rings (SSSR count). The Kier molecular flexibility index (Phi) is 4.87. The Morgan fingerprint density at radius 2 is 1.90 bits per heavy atom. The molecule has 0 heterocycles. The summed E-state index contributed by atoms with van der Waals surface area (Å²) in [4.78, 5) is 25.0. The van der Waals surface area contributed by atoms with Crippen LogP contribution < -0.4 is 5.32 Å². The summed E-state index contributed by atoms with van der Waals surface area (Å²) in [7, 11) is 1.48. The van der Waals surface area contributed by atoms with E-state index in [4.69, 9.17) is 0 Å². The van der Waals surface area contributed by atoms with Crippen LogP contribution in [0.1, 0.15) is 36.7 Å². The first kappa shape index (κ1) is 16.1. The number of halogens is 1. The third-order valence-electron chi connectivity index (χ3n) is 2.60. The van der Waals surface area contributed by atoms with Gasteiger partial charge in [0.1, 0.15) is 5.82 Å². The van der Waals surface area contributed by atoms with E-state index in [1.54, 1.807) is 13.0 Å². The molecule has 0 unspecified atom stereocenters. The summed E-state index contributed by atoms with van der Waals surface area (Å²) in [5.74, 6) is -1.36. The van der Waals surface area contributed by atoms with Crippen molar-refractivity contribution >= 4 is 11.8 Å². The minimum Gasteiger partial charge on any atom is -0.350 e. The molecule has 110 valence electrons. The number of carbonyl (C=O) groups excluding carboxylic acids is 2. The van der Waals surface area contributed by atoms with Crippen LogP contribution in [0.25, 0.3) is 0 Å². The van der Waals surface area contributed by atoms with Crippen LogP contribution in [0.3, 0.4) is 0 Å². The van der Waals surface area contributed by atoms with Gasteiger partial charge in [0.15, 0.2) is 0 Å². The van der Waals surface area contributed by atoms with E-state index in [2.05, 4.69) is 5.32 Å². The number of benzene rings is 1. The minimum atomic E-state index is -0.571. The fourth-order valence-electron chi connectivity index (χ4n) is 1.74. The molecule has 0 spiro atoms. The Morgan fingerprint density at radius 3 is 2.40 bits per heavy atom. The number of hydrogen-bond donors (Lipinski definition) is 1. The van der Waals surface area contributed by atoms with E-state index >= 15 is 0 Å². The number of carbonyl (C=O) groups is 2. The second kappa shape index (κ2) is 6.03. The molecule has 1 aromatic carbocycles. The van der Waals surface area contributed by atoms with Crippen molar-refractivity contribution in [3.63, 3.8) is 0 Å². The maximum absolute atomic E-state index is 13.7. The van der Waals surface area contributed by atoms with Crippen molar-refractivity contribution in [1.82, 2.24) is 10.2 Å². The lowest BCUT2D eigenvalue weighted by atomic mass is 10.1. The molecule has 0 radical (unpaired) electrons. The van der Waals surface area contributed by atoms with Gasteiger partial charge < -0.3 is 10.2 Å². The lowest BCUT2D eigenvalue weighted by Crippen LogP contribution is -2.46. The zero-order valence-corrected chi connectivity index (χ0v) is 12.6. The molecular formula is C15H21FN2O2. The van der Waals surface area contributed by atoms with Crippen LogP contribution in [0.2, 0.25) is 0 Å². The normalized spacial score (nSPS) is 11.1. The SMILES string of the molecule is Cc1ccc(C(=O)N(C)CC(=O)NC(C)(C)C)c(F)c1. The van der Waals surface area contributed by atoms with E-state index in [0.29, 0.717) is 0 Å². The summed E-state index contributed by atoms with van der Waals surface area (Å²) in [5.41, 5.74) is 0.352. The summed E-state index contributed by atoms with van der Waals surface area (Å²) in [6.45, 7) is 7.20. The molecule has 0 aliphatic rings. The molecule has 0 fully saturated rings. The van der Waals surface area contributed by atoms with Crippen molar-refractivity contribution in [3.05, 3.63) is 35.1 Å². The predicted octanol–water partition coefficient (Wildman–Crippen LogP) is 2.12. The molecule has 0 saturated heterocycles. The summed E-state index contributed by atoms with van der Waals surface area (Å²) in [5, 5.41) is 2.75. The fraction of sp³-hybridized carbons (Fsp3) is 0.467. The number of aryl methyl sites for hydroxylation is 1. The van der Waals surface area contributed by atoms with E-state index in [1.807, 2.05) is 20.8 Å². The van der Waals surface area contributed by atoms with Gasteiger partial charge in [0.2, 0.25) is 5.91 Å².